The number of carbonyl (C=O) groups is 1. The van der Waals surface area contributed by atoms with Crippen molar-refractivity contribution in [1.82, 2.24) is 4.90 Å². The molecule has 15 heavy (non-hydrogen) atoms. The molecule has 5 heteroatoms. The summed E-state index contributed by atoms with van der Waals surface area (Å²) >= 11 is 12.7. The van der Waals surface area contributed by atoms with Crippen molar-refractivity contribution in [3.63, 3.8) is 0 Å². The Balaban J connectivity index is 2.76. The van der Waals surface area contributed by atoms with E-state index in [4.69, 9.17) is 23.2 Å². The van der Waals surface area contributed by atoms with E-state index < -0.39 is 0 Å². The zero-order valence-electron chi connectivity index (χ0n) is 8.50. The minimum atomic E-state index is 0.0313. The van der Waals surface area contributed by atoms with E-state index in [9.17, 15) is 4.79 Å². The van der Waals surface area contributed by atoms with Gasteiger partial charge in [0, 0.05) is 24.8 Å². The van der Waals surface area contributed by atoms with Gasteiger partial charge in [-0.3, -0.25) is 4.79 Å². The van der Waals surface area contributed by atoms with E-state index >= 15 is 0 Å². The van der Waals surface area contributed by atoms with Gasteiger partial charge in [0.05, 0.1) is 4.88 Å². The predicted molar refractivity (Wildman–Crippen MR) is 66.4 cm³/mol. The third-order valence-electron chi connectivity index (χ3n) is 2.05. The highest BCUT2D eigenvalue weighted by molar-refractivity contribution is 7.12. The molecule has 0 aromatic carbocycles. The number of carbonyl (C=O) groups excluding carboxylic acids is 1. The van der Waals surface area contributed by atoms with Crippen LogP contribution in [0.1, 0.15) is 15.2 Å². The van der Waals surface area contributed by atoms with Crippen molar-refractivity contribution in [3.05, 3.63) is 21.9 Å². The number of nitrogens with zero attached hydrogens (tertiary/aromatic N) is 1. The van der Waals surface area contributed by atoms with Crippen LogP contribution in [0.25, 0.3) is 0 Å². The number of halogens is 2. The minimum Gasteiger partial charge on any atom is -0.336 e. The van der Waals surface area contributed by atoms with Crippen molar-refractivity contribution in [3.8, 4) is 0 Å². The second-order valence-electron chi connectivity index (χ2n) is 3.10. The Kier molecular flexibility index (Phi) is 5.43. The summed E-state index contributed by atoms with van der Waals surface area (Å²) in [7, 11) is 0. The van der Waals surface area contributed by atoms with Gasteiger partial charge in [-0.1, -0.05) is 0 Å². The molecule has 0 N–H and O–H groups in total. The number of rotatable bonds is 5. The van der Waals surface area contributed by atoms with Gasteiger partial charge < -0.3 is 4.90 Å². The van der Waals surface area contributed by atoms with E-state index in [1.54, 1.807) is 4.90 Å². The highest BCUT2D eigenvalue weighted by atomic mass is 35.5. The van der Waals surface area contributed by atoms with Gasteiger partial charge in [-0.05, 0) is 23.9 Å². The summed E-state index contributed by atoms with van der Waals surface area (Å²) < 4.78 is 0. The Morgan fingerprint density at radius 1 is 1.40 bits per heavy atom. The highest BCUT2D eigenvalue weighted by Gasteiger charge is 2.17. The van der Waals surface area contributed by atoms with Gasteiger partial charge in [0.1, 0.15) is 0 Å². The van der Waals surface area contributed by atoms with Crippen molar-refractivity contribution in [1.29, 1.82) is 0 Å². The molecule has 1 aromatic heterocycles. The quantitative estimate of drug-likeness (QED) is 0.750. The van der Waals surface area contributed by atoms with Crippen molar-refractivity contribution in [2.24, 2.45) is 0 Å². The van der Waals surface area contributed by atoms with Crippen LogP contribution >= 0.6 is 34.5 Å². The first kappa shape index (κ1) is 12.8. The Hall–Kier alpha value is -0.250. The lowest BCUT2D eigenvalue weighted by Crippen LogP contribution is -2.34. The molecule has 2 nitrogen and oxygen atoms in total. The van der Waals surface area contributed by atoms with Crippen LogP contribution in [0.4, 0.5) is 0 Å². The summed E-state index contributed by atoms with van der Waals surface area (Å²) in [5.74, 6) is 0.906. The lowest BCUT2D eigenvalue weighted by atomic mass is 10.2. The van der Waals surface area contributed by atoms with Gasteiger partial charge in [-0.15, -0.1) is 34.5 Å². The molecule has 0 bridgehead atoms. The predicted octanol–water partition coefficient (Wildman–Crippen LogP) is 2.98. The summed E-state index contributed by atoms with van der Waals surface area (Å²) in [4.78, 5) is 14.5. The molecule has 1 rings (SSSR count). The van der Waals surface area contributed by atoms with Crippen molar-refractivity contribution < 1.29 is 4.79 Å². The molecule has 0 radical (unpaired) electrons. The van der Waals surface area contributed by atoms with Crippen molar-refractivity contribution in [2.45, 2.75) is 6.92 Å². The Morgan fingerprint density at radius 2 is 2.00 bits per heavy atom. The molecule has 0 fully saturated rings. The molecule has 0 spiro atoms. The third kappa shape index (κ3) is 3.37. The molecule has 0 aliphatic carbocycles. The van der Waals surface area contributed by atoms with Crippen LogP contribution < -0.4 is 0 Å². The average molecular weight is 266 g/mol. The van der Waals surface area contributed by atoms with Crippen LogP contribution in [-0.2, 0) is 0 Å². The number of aryl methyl sites for hydroxylation is 1. The summed E-state index contributed by atoms with van der Waals surface area (Å²) in [5.41, 5.74) is 1.01. The van der Waals surface area contributed by atoms with Crippen LogP contribution in [0.3, 0.4) is 0 Å². The number of alkyl halides is 2. The molecular formula is C10H13Cl2NOS. The van der Waals surface area contributed by atoms with Crippen LogP contribution in [-0.4, -0.2) is 35.7 Å². The summed E-state index contributed by atoms with van der Waals surface area (Å²) in [6, 6.07) is 1.94. The smallest absolute Gasteiger partial charge is 0.264 e. The van der Waals surface area contributed by atoms with Crippen molar-refractivity contribution in [2.75, 3.05) is 24.8 Å². The highest BCUT2D eigenvalue weighted by Crippen LogP contribution is 2.17. The molecule has 1 aromatic rings. The van der Waals surface area contributed by atoms with Crippen LogP contribution in [0.5, 0.6) is 0 Å². The monoisotopic (exact) mass is 265 g/mol. The fraction of sp³-hybridized carbons (Fsp3) is 0.500. The molecule has 1 amide bonds. The number of thiophene rings is 1. The normalized spacial score (nSPS) is 10.3. The maximum atomic E-state index is 12.0. The summed E-state index contributed by atoms with van der Waals surface area (Å²) in [5, 5.41) is 1.92. The molecule has 0 aliphatic heterocycles. The number of hydrogen-bond acceptors (Lipinski definition) is 2. The minimum absolute atomic E-state index is 0.0313. The zero-order chi connectivity index (χ0) is 11.3. The SMILES string of the molecule is Cc1ccsc1C(=O)N(CCCl)CCCl. The van der Waals surface area contributed by atoms with Gasteiger partial charge in [-0.2, -0.15) is 0 Å². The standard InChI is InChI=1S/C10H13Cl2NOS/c1-8-2-7-15-9(8)10(14)13(5-3-11)6-4-12/h2,7H,3-6H2,1H3. The molecular weight excluding hydrogens is 253 g/mol. The fourth-order valence-electron chi connectivity index (χ4n) is 1.25. The lowest BCUT2D eigenvalue weighted by Gasteiger charge is -2.20. The zero-order valence-corrected chi connectivity index (χ0v) is 10.8. The Bertz CT molecular complexity index is 321. The average Bonchev–Trinajstić information content (AvgIpc) is 2.63. The molecule has 0 saturated heterocycles. The van der Waals surface area contributed by atoms with E-state index in [0.717, 1.165) is 10.4 Å². The number of amides is 1. The lowest BCUT2D eigenvalue weighted by molar-refractivity contribution is 0.0779. The first-order chi connectivity index (χ1) is 7.20. The maximum Gasteiger partial charge on any atom is 0.264 e. The van der Waals surface area contributed by atoms with Gasteiger partial charge in [0.15, 0.2) is 0 Å². The molecule has 0 aliphatic rings. The van der Waals surface area contributed by atoms with Gasteiger partial charge in [-0.25, -0.2) is 0 Å². The molecule has 0 unspecified atom stereocenters. The summed E-state index contributed by atoms with van der Waals surface area (Å²) in [6.45, 7) is 3.03. The Labute approximate surface area is 104 Å². The fourth-order valence-corrected chi connectivity index (χ4v) is 2.55. The van der Waals surface area contributed by atoms with Gasteiger partial charge >= 0.3 is 0 Å². The van der Waals surface area contributed by atoms with E-state index in [0.29, 0.717) is 24.8 Å². The largest absolute Gasteiger partial charge is 0.336 e. The van der Waals surface area contributed by atoms with Gasteiger partial charge in [0.2, 0.25) is 0 Å². The first-order valence-corrected chi connectivity index (χ1v) is 6.61. The van der Waals surface area contributed by atoms with Crippen LogP contribution in [0, 0.1) is 6.92 Å². The Morgan fingerprint density at radius 3 is 2.40 bits per heavy atom. The molecule has 0 saturated carbocycles. The van der Waals surface area contributed by atoms with Crippen molar-refractivity contribution >= 4 is 40.4 Å². The molecule has 84 valence electrons. The third-order valence-corrected chi connectivity index (χ3v) is 3.39. The summed E-state index contributed by atoms with van der Waals surface area (Å²) in [6.07, 6.45) is 0. The number of hydrogen-bond donors (Lipinski definition) is 0. The molecule has 0 atom stereocenters. The maximum absolute atomic E-state index is 12.0. The molecule has 1 heterocycles. The first-order valence-electron chi connectivity index (χ1n) is 4.66. The van der Waals surface area contributed by atoms with Gasteiger partial charge in [0.25, 0.3) is 5.91 Å². The van der Waals surface area contributed by atoms with Crippen LogP contribution in [0.15, 0.2) is 11.4 Å². The topological polar surface area (TPSA) is 20.3 Å². The van der Waals surface area contributed by atoms with E-state index in [1.807, 2.05) is 18.4 Å². The second-order valence-corrected chi connectivity index (χ2v) is 4.77. The van der Waals surface area contributed by atoms with E-state index in [2.05, 4.69) is 0 Å². The second kappa shape index (κ2) is 6.36. The van der Waals surface area contributed by atoms with Crippen LogP contribution in [0.2, 0.25) is 0 Å². The van der Waals surface area contributed by atoms with E-state index in [-0.39, 0.29) is 5.91 Å². The van der Waals surface area contributed by atoms with E-state index in [1.165, 1.54) is 11.3 Å².